The maximum absolute atomic E-state index is 11.6. The van der Waals surface area contributed by atoms with Crippen molar-refractivity contribution in [3.05, 3.63) is 22.2 Å². The zero-order valence-electron chi connectivity index (χ0n) is 13.3. The van der Waals surface area contributed by atoms with E-state index in [4.69, 9.17) is 21.7 Å². The summed E-state index contributed by atoms with van der Waals surface area (Å²) in [6, 6.07) is 3.54. The van der Waals surface area contributed by atoms with E-state index < -0.39 is 0 Å². The Hall–Kier alpha value is -1.87. The normalized spacial score (nSPS) is 10.3. The zero-order valence-corrected chi connectivity index (χ0v) is 15.7. The number of thiocarbonyl (C=S) groups is 1. The number of benzene rings is 1. The molecule has 0 unspecified atom stereocenters. The summed E-state index contributed by atoms with van der Waals surface area (Å²) in [5.41, 5.74) is 3.43. The van der Waals surface area contributed by atoms with Gasteiger partial charge >= 0.3 is 0 Å². The molecule has 7 nitrogen and oxygen atoms in total. The molecule has 0 heterocycles. The second kappa shape index (κ2) is 9.31. The molecule has 126 valence electrons. The van der Waals surface area contributed by atoms with Crippen LogP contribution in [0.4, 0.5) is 0 Å². The van der Waals surface area contributed by atoms with Gasteiger partial charge in [0, 0.05) is 21.1 Å². The third kappa shape index (κ3) is 6.03. The summed E-state index contributed by atoms with van der Waals surface area (Å²) in [6.45, 7) is -0.0760. The molecule has 9 heteroatoms. The predicted molar refractivity (Wildman–Crippen MR) is 97.3 cm³/mol. The minimum atomic E-state index is -0.144. The molecule has 0 aliphatic carbocycles. The highest BCUT2D eigenvalue weighted by atomic mass is 79.9. The van der Waals surface area contributed by atoms with Gasteiger partial charge in [-0.05, 0) is 45.8 Å². The van der Waals surface area contributed by atoms with Crippen LogP contribution in [0, 0.1) is 0 Å². The van der Waals surface area contributed by atoms with E-state index in [2.05, 4.69) is 31.8 Å². The van der Waals surface area contributed by atoms with Crippen LogP contribution in [0.1, 0.15) is 5.56 Å². The first-order chi connectivity index (χ1) is 10.9. The lowest BCUT2D eigenvalue weighted by Crippen LogP contribution is -2.28. The summed E-state index contributed by atoms with van der Waals surface area (Å²) >= 11 is 8.33. The summed E-state index contributed by atoms with van der Waals surface area (Å²) in [6.07, 6.45) is 1.59. The van der Waals surface area contributed by atoms with Crippen molar-refractivity contribution >= 4 is 45.4 Å². The van der Waals surface area contributed by atoms with Gasteiger partial charge in [-0.2, -0.15) is 5.10 Å². The van der Waals surface area contributed by atoms with Gasteiger partial charge in [0.1, 0.15) is 0 Å². The molecule has 0 radical (unpaired) electrons. The number of carbonyl (C=O) groups is 1. The monoisotopic (exact) mass is 402 g/mol. The highest BCUT2D eigenvalue weighted by Crippen LogP contribution is 2.36. The first-order valence-electron chi connectivity index (χ1n) is 6.60. The lowest BCUT2D eigenvalue weighted by atomic mass is 10.2. The first kappa shape index (κ1) is 19.2. The summed E-state index contributed by atoms with van der Waals surface area (Å²) < 4.78 is 11.5. The third-order valence-electron chi connectivity index (χ3n) is 2.70. The van der Waals surface area contributed by atoms with Crippen LogP contribution >= 0.6 is 28.1 Å². The van der Waals surface area contributed by atoms with Crippen LogP contribution in [0.3, 0.4) is 0 Å². The number of likely N-dealkylation sites (N-methyl/N-ethyl adjacent to an activating group) is 1. The van der Waals surface area contributed by atoms with Crippen LogP contribution in [-0.4, -0.2) is 57.0 Å². The van der Waals surface area contributed by atoms with Crippen molar-refractivity contribution in [2.75, 3.05) is 34.9 Å². The molecule has 0 saturated heterocycles. The van der Waals surface area contributed by atoms with Crippen molar-refractivity contribution in [2.45, 2.75) is 0 Å². The van der Waals surface area contributed by atoms with Crippen molar-refractivity contribution < 1.29 is 14.3 Å². The van der Waals surface area contributed by atoms with Crippen LogP contribution in [0.5, 0.6) is 11.5 Å². The fourth-order valence-electron chi connectivity index (χ4n) is 1.44. The molecule has 1 rings (SSSR count). The van der Waals surface area contributed by atoms with Crippen molar-refractivity contribution in [2.24, 2.45) is 5.10 Å². The molecule has 0 atom stereocenters. The molecule has 2 N–H and O–H groups in total. The molecule has 1 aromatic rings. The standard InChI is InChI=1S/C14H19BrN4O3S/c1-16-14(23)18-17-7-9-5-10(15)13(11(6-9)21-4)22-8-12(20)19(2)3/h5-7H,8H2,1-4H3,(H2,16,18,23). The number of amides is 1. The van der Waals surface area contributed by atoms with E-state index in [9.17, 15) is 4.79 Å². The number of hydrazone groups is 1. The second-order valence-electron chi connectivity index (χ2n) is 4.56. The quantitative estimate of drug-likeness (QED) is 0.425. The lowest BCUT2D eigenvalue weighted by molar-refractivity contribution is -0.130. The Morgan fingerprint density at radius 3 is 2.74 bits per heavy atom. The van der Waals surface area contributed by atoms with Crippen molar-refractivity contribution in [1.82, 2.24) is 15.6 Å². The smallest absolute Gasteiger partial charge is 0.259 e. The van der Waals surface area contributed by atoms with Crippen LogP contribution in [0.15, 0.2) is 21.7 Å². The largest absolute Gasteiger partial charge is 0.493 e. The van der Waals surface area contributed by atoms with E-state index >= 15 is 0 Å². The predicted octanol–water partition coefficient (Wildman–Crippen LogP) is 1.35. The van der Waals surface area contributed by atoms with Gasteiger partial charge in [0.2, 0.25) is 0 Å². The van der Waals surface area contributed by atoms with Gasteiger partial charge in [-0.25, -0.2) is 0 Å². The second-order valence-corrected chi connectivity index (χ2v) is 5.82. The van der Waals surface area contributed by atoms with Gasteiger partial charge in [-0.1, -0.05) is 0 Å². The number of ether oxygens (including phenoxy) is 2. The van der Waals surface area contributed by atoms with Crippen LogP contribution in [0.25, 0.3) is 0 Å². The van der Waals surface area contributed by atoms with E-state index in [1.807, 2.05) is 0 Å². The molecule has 0 saturated carbocycles. The van der Waals surface area contributed by atoms with Crippen molar-refractivity contribution in [1.29, 1.82) is 0 Å². The van der Waals surface area contributed by atoms with E-state index in [1.165, 1.54) is 12.0 Å². The molecule has 0 aliphatic rings. The molecule has 0 spiro atoms. The SMILES string of the molecule is CNC(=S)NN=Cc1cc(Br)c(OCC(=O)N(C)C)c(OC)c1. The van der Waals surface area contributed by atoms with Crippen molar-refractivity contribution in [3.63, 3.8) is 0 Å². The number of rotatable bonds is 6. The van der Waals surface area contributed by atoms with E-state index in [0.717, 1.165) is 5.56 Å². The molecular weight excluding hydrogens is 384 g/mol. The summed E-state index contributed by atoms with van der Waals surface area (Å²) in [7, 11) is 6.56. The molecule has 23 heavy (non-hydrogen) atoms. The zero-order chi connectivity index (χ0) is 17.4. The van der Waals surface area contributed by atoms with Crippen molar-refractivity contribution in [3.8, 4) is 11.5 Å². The van der Waals surface area contributed by atoms with Gasteiger partial charge in [0.15, 0.2) is 23.2 Å². The fourth-order valence-corrected chi connectivity index (χ4v) is 2.07. The van der Waals surface area contributed by atoms with E-state index in [1.54, 1.807) is 39.5 Å². The number of carbonyl (C=O) groups excluding carboxylic acids is 1. The van der Waals surface area contributed by atoms with Gasteiger partial charge in [-0.15, -0.1) is 0 Å². The number of halogens is 1. The maximum Gasteiger partial charge on any atom is 0.259 e. The number of nitrogens with zero attached hydrogens (tertiary/aromatic N) is 2. The topological polar surface area (TPSA) is 75.2 Å². The Morgan fingerprint density at radius 1 is 1.48 bits per heavy atom. The summed E-state index contributed by atoms with van der Waals surface area (Å²) in [5.74, 6) is 0.802. The van der Waals surface area contributed by atoms with E-state index in [-0.39, 0.29) is 12.5 Å². The highest BCUT2D eigenvalue weighted by Gasteiger charge is 2.13. The number of hydrogen-bond acceptors (Lipinski definition) is 5. The Labute approximate surface area is 149 Å². The van der Waals surface area contributed by atoms with E-state index in [0.29, 0.717) is 21.1 Å². The highest BCUT2D eigenvalue weighted by molar-refractivity contribution is 9.10. The lowest BCUT2D eigenvalue weighted by Gasteiger charge is -2.15. The molecule has 1 aromatic carbocycles. The number of nitrogens with one attached hydrogen (secondary N) is 2. The minimum Gasteiger partial charge on any atom is -0.493 e. The summed E-state index contributed by atoms with van der Waals surface area (Å²) in [5, 5.41) is 7.16. The van der Waals surface area contributed by atoms with Crippen LogP contribution in [-0.2, 0) is 4.79 Å². The Bertz CT molecular complexity index is 608. The maximum atomic E-state index is 11.6. The Kier molecular flexibility index (Phi) is 7.76. The third-order valence-corrected chi connectivity index (χ3v) is 3.58. The van der Waals surface area contributed by atoms with Crippen LogP contribution < -0.4 is 20.2 Å². The fraction of sp³-hybridized carbons (Fsp3) is 0.357. The molecule has 0 aliphatic heterocycles. The van der Waals surface area contributed by atoms with Gasteiger partial charge in [0.25, 0.3) is 5.91 Å². The minimum absolute atomic E-state index is 0.0760. The molecule has 0 aromatic heterocycles. The van der Waals surface area contributed by atoms with Gasteiger partial charge < -0.3 is 19.7 Å². The van der Waals surface area contributed by atoms with Gasteiger partial charge in [0.05, 0.1) is 17.8 Å². The molecule has 0 fully saturated rings. The molecular formula is C14H19BrN4O3S. The molecule has 1 amide bonds. The Balaban J connectivity index is 2.90. The Morgan fingerprint density at radius 2 is 2.17 bits per heavy atom. The molecule has 0 bridgehead atoms. The number of hydrogen-bond donors (Lipinski definition) is 2. The van der Waals surface area contributed by atoms with Gasteiger partial charge in [-0.3, -0.25) is 10.2 Å². The average Bonchev–Trinajstić information content (AvgIpc) is 2.52. The number of methoxy groups -OCH3 is 1. The average molecular weight is 403 g/mol. The summed E-state index contributed by atoms with van der Waals surface area (Å²) in [4.78, 5) is 13.1. The first-order valence-corrected chi connectivity index (χ1v) is 7.80. The van der Waals surface area contributed by atoms with Crippen LogP contribution in [0.2, 0.25) is 0 Å².